The van der Waals surface area contributed by atoms with Crippen LogP contribution in [0.2, 0.25) is 0 Å². The molecule has 0 radical (unpaired) electrons. The molecule has 0 amide bonds. The number of halogens is 1. The van der Waals surface area contributed by atoms with Crippen molar-refractivity contribution in [3.8, 4) is 11.4 Å². The highest BCUT2D eigenvalue weighted by Gasteiger charge is 2.09. The van der Waals surface area contributed by atoms with Gasteiger partial charge in [0.15, 0.2) is 0 Å². The monoisotopic (exact) mass is 294 g/mol. The fourth-order valence-electron chi connectivity index (χ4n) is 1.55. The van der Waals surface area contributed by atoms with Gasteiger partial charge in [-0.1, -0.05) is 34.1 Å². The van der Waals surface area contributed by atoms with Gasteiger partial charge in [0.2, 0.25) is 0 Å². The predicted molar refractivity (Wildman–Crippen MR) is 68.9 cm³/mol. The summed E-state index contributed by atoms with van der Waals surface area (Å²) in [5, 5.41) is 14.0. The van der Waals surface area contributed by atoms with Crippen molar-refractivity contribution in [1.29, 1.82) is 0 Å². The second-order valence-electron chi connectivity index (χ2n) is 3.65. The lowest BCUT2D eigenvalue weighted by Gasteiger charge is -2.09. The van der Waals surface area contributed by atoms with Crippen LogP contribution in [0.15, 0.2) is 35.1 Å². The van der Waals surface area contributed by atoms with Crippen LogP contribution in [0.4, 0.5) is 0 Å². The number of hydrogen-bond donors (Lipinski definition) is 1. The van der Waals surface area contributed by atoms with Crippen molar-refractivity contribution in [2.24, 2.45) is 0 Å². The maximum absolute atomic E-state index is 11.8. The lowest BCUT2D eigenvalue weighted by molar-refractivity contribution is 0.460. The van der Waals surface area contributed by atoms with Crippen molar-refractivity contribution in [3.05, 3.63) is 51.9 Å². The van der Waals surface area contributed by atoms with E-state index in [1.807, 2.05) is 31.2 Å². The zero-order chi connectivity index (χ0) is 12.4. The smallest absolute Gasteiger partial charge is 0.275 e. The molecule has 88 valence electrons. The Morgan fingerprint density at radius 3 is 2.76 bits per heavy atom. The van der Waals surface area contributed by atoms with Crippen LogP contribution in [-0.4, -0.2) is 14.9 Å². The Balaban J connectivity index is 2.68. The first-order chi connectivity index (χ1) is 8.13. The van der Waals surface area contributed by atoms with Crippen LogP contribution < -0.4 is 5.56 Å². The van der Waals surface area contributed by atoms with Crippen LogP contribution in [0.1, 0.15) is 11.3 Å². The van der Waals surface area contributed by atoms with Crippen LogP contribution in [-0.2, 0) is 5.33 Å². The third kappa shape index (κ3) is 2.24. The van der Waals surface area contributed by atoms with Gasteiger partial charge in [-0.2, -0.15) is 9.78 Å². The van der Waals surface area contributed by atoms with Crippen molar-refractivity contribution < 1.29 is 5.11 Å². The van der Waals surface area contributed by atoms with E-state index in [0.29, 0.717) is 11.0 Å². The number of benzene rings is 1. The molecule has 5 heteroatoms. The lowest BCUT2D eigenvalue weighted by atomic mass is 10.2. The van der Waals surface area contributed by atoms with Crippen LogP contribution >= 0.6 is 15.9 Å². The molecule has 1 aromatic carbocycles. The van der Waals surface area contributed by atoms with Gasteiger partial charge in [0.05, 0.1) is 11.0 Å². The number of nitrogens with zero attached hydrogens (tertiary/aromatic N) is 2. The summed E-state index contributed by atoms with van der Waals surface area (Å²) in [7, 11) is 0. The van der Waals surface area contributed by atoms with Gasteiger partial charge >= 0.3 is 0 Å². The minimum atomic E-state index is -0.346. The second kappa shape index (κ2) is 4.71. The molecule has 0 fully saturated rings. The Hall–Kier alpha value is -1.62. The van der Waals surface area contributed by atoms with Crippen LogP contribution in [0.25, 0.3) is 5.69 Å². The van der Waals surface area contributed by atoms with Gasteiger partial charge in [-0.15, -0.1) is 0 Å². The van der Waals surface area contributed by atoms with E-state index < -0.39 is 0 Å². The Labute approximate surface area is 107 Å². The lowest BCUT2D eigenvalue weighted by Crippen LogP contribution is -2.22. The standard InChI is InChI=1S/C12H11BrN2O2/c1-8-4-2-3-5-10(8)15-12(17)6-11(16)9(7-13)14-15/h2-6,16H,7H2,1H3. The van der Waals surface area contributed by atoms with Crippen LogP contribution in [0.5, 0.6) is 5.75 Å². The molecule has 0 saturated carbocycles. The van der Waals surface area contributed by atoms with Gasteiger partial charge in [0.25, 0.3) is 5.56 Å². The van der Waals surface area contributed by atoms with E-state index in [-0.39, 0.29) is 11.3 Å². The number of alkyl halides is 1. The van der Waals surface area contributed by atoms with E-state index in [2.05, 4.69) is 21.0 Å². The second-order valence-corrected chi connectivity index (χ2v) is 4.21. The molecular weight excluding hydrogens is 284 g/mol. The van der Waals surface area contributed by atoms with Crippen LogP contribution in [0.3, 0.4) is 0 Å². The topological polar surface area (TPSA) is 55.1 Å². The van der Waals surface area contributed by atoms with Gasteiger partial charge < -0.3 is 5.11 Å². The van der Waals surface area contributed by atoms with E-state index in [9.17, 15) is 9.90 Å². The highest BCUT2D eigenvalue weighted by Crippen LogP contribution is 2.16. The number of rotatable bonds is 2. The number of aromatic hydroxyl groups is 1. The summed E-state index contributed by atoms with van der Waals surface area (Å²) >= 11 is 3.22. The summed E-state index contributed by atoms with van der Waals surface area (Å²) in [4.78, 5) is 11.8. The third-order valence-electron chi connectivity index (χ3n) is 2.46. The van der Waals surface area contributed by atoms with Gasteiger partial charge in [0, 0.05) is 6.07 Å². The highest BCUT2D eigenvalue weighted by atomic mass is 79.9. The average molecular weight is 295 g/mol. The maximum Gasteiger partial charge on any atom is 0.275 e. The molecule has 4 nitrogen and oxygen atoms in total. The first kappa shape index (κ1) is 11.9. The van der Waals surface area contributed by atoms with Crippen molar-refractivity contribution in [2.75, 3.05) is 0 Å². The van der Waals surface area contributed by atoms with Gasteiger partial charge in [-0.3, -0.25) is 4.79 Å². The van der Waals surface area contributed by atoms with Gasteiger partial charge in [-0.05, 0) is 18.6 Å². The molecule has 1 N–H and O–H groups in total. The van der Waals surface area contributed by atoms with E-state index in [4.69, 9.17) is 0 Å². The Morgan fingerprint density at radius 1 is 1.41 bits per heavy atom. The van der Waals surface area contributed by atoms with E-state index in [1.54, 1.807) is 0 Å². The highest BCUT2D eigenvalue weighted by molar-refractivity contribution is 9.08. The quantitative estimate of drug-likeness (QED) is 0.864. The number of para-hydroxylation sites is 1. The SMILES string of the molecule is Cc1ccccc1-n1nc(CBr)c(O)cc1=O. The Kier molecular flexibility index (Phi) is 3.28. The maximum atomic E-state index is 11.8. The first-order valence-corrected chi connectivity index (χ1v) is 6.20. The molecular formula is C12H11BrN2O2. The number of hydrogen-bond acceptors (Lipinski definition) is 3. The molecule has 0 atom stereocenters. The molecule has 2 aromatic rings. The summed E-state index contributed by atoms with van der Waals surface area (Å²) in [5.41, 5.74) is 1.77. The minimum absolute atomic E-state index is 0.0864. The van der Waals surface area contributed by atoms with Gasteiger partial charge in [0.1, 0.15) is 11.4 Å². The fourth-order valence-corrected chi connectivity index (χ4v) is 1.95. The van der Waals surface area contributed by atoms with Gasteiger partial charge in [-0.25, -0.2) is 0 Å². The molecule has 0 aliphatic carbocycles. The fraction of sp³-hybridized carbons (Fsp3) is 0.167. The number of aromatic nitrogens is 2. The normalized spacial score (nSPS) is 10.5. The molecule has 1 aromatic heterocycles. The van der Waals surface area contributed by atoms with E-state index >= 15 is 0 Å². The van der Waals surface area contributed by atoms with Crippen molar-refractivity contribution in [2.45, 2.75) is 12.3 Å². The first-order valence-electron chi connectivity index (χ1n) is 5.07. The molecule has 1 heterocycles. The predicted octanol–water partition coefficient (Wildman–Crippen LogP) is 2.14. The summed E-state index contributed by atoms with van der Waals surface area (Å²) in [5.74, 6) is -0.0864. The molecule has 0 saturated heterocycles. The van der Waals surface area contributed by atoms with E-state index in [1.165, 1.54) is 10.7 Å². The molecule has 0 bridgehead atoms. The molecule has 0 spiro atoms. The summed E-state index contributed by atoms with van der Waals surface area (Å²) in [6.45, 7) is 1.91. The van der Waals surface area contributed by atoms with Crippen molar-refractivity contribution in [1.82, 2.24) is 9.78 Å². The molecule has 0 aliphatic rings. The molecule has 17 heavy (non-hydrogen) atoms. The Bertz CT molecular complexity index is 608. The van der Waals surface area contributed by atoms with E-state index in [0.717, 1.165) is 11.3 Å². The van der Waals surface area contributed by atoms with Crippen molar-refractivity contribution in [3.63, 3.8) is 0 Å². The molecule has 0 unspecified atom stereocenters. The van der Waals surface area contributed by atoms with Crippen LogP contribution in [0, 0.1) is 6.92 Å². The third-order valence-corrected chi connectivity index (χ3v) is 2.99. The summed E-state index contributed by atoms with van der Waals surface area (Å²) < 4.78 is 1.30. The summed E-state index contributed by atoms with van der Waals surface area (Å²) in [6, 6.07) is 8.64. The zero-order valence-electron chi connectivity index (χ0n) is 9.22. The number of aryl methyl sites for hydroxylation is 1. The van der Waals surface area contributed by atoms with Crippen molar-refractivity contribution >= 4 is 15.9 Å². The minimum Gasteiger partial charge on any atom is -0.506 e. The zero-order valence-corrected chi connectivity index (χ0v) is 10.8. The average Bonchev–Trinajstić information content (AvgIpc) is 2.31. The molecule has 0 aliphatic heterocycles. The summed E-state index contributed by atoms with van der Waals surface area (Å²) in [6.07, 6.45) is 0. The largest absolute Gasteiger partial charge is 0.506 e. The molecule has 2 rings (SSSR count). The Morgan fingerprint density at radius 2 is 2.12 bits per heavy atom.